The monoisotopic (exact) mass is 186 g/mol. The minimum atomic E-state index is -0.230. The number of fused-ring (bicyclic) bond motifs is 2. The second-order valence-electron chi connectivity index (χ2n) is 3.47. The number of esters is 1. The van der Waals surface area contributed by atoms with Gasteiger partial charge in [0.15, 0.2) is 0 Å². The van der Waals surface area contributed by atoms with Gasteiger partial charge in [-0.15, -0.1) is 11.6 Å². The fourth-order valence-corrected chi connectivity index (χ4v) is 2.49. The molecule has 0 N–H and O–H groups in total. The maximum absolute atomic E-state index is 10.7. The molecule has 2 aliphatic carbocycles. The fraction of sp³-hybridized carbons (Fsp3) is 0.667. The molecule has 0 aromatic rings. The predicted octanol–water partition coefficient (Wildman–Crippen LogP) is 1.73. The zero-order chi connectivity index (χ0) is 8.72. The van der Waals surface area contributed by atoms with Crippen molar-refractivity contribution in [2.24, 2.45) is 11.8 Å². The summed E-state index contributed by atoms with van der Waals surface area (Å²) >= 11 is 6.09. The first-order chi connectivity index (χ1) is 5.68. The van der Waals surface area contributed by atoms with E-state index in [0.717, 1.165) is 6.42 Å². The largest absolute Gasteiger partial charge is 0.460 e. The number of halogens is 1. The molecule has 0 aliphatic heterocycles. The van der Waals surface area contributed by atoms with Gasteiger partial charge < -0.3 is 4.74 Å². The topological polar surface area (TPSA) is 26.3 Å². The number of carbonyl (C=O) groups is 1. The van der Waals surface area contributed by atoms with Crippen LogP contribution in [0.3, 0.4) is 0 Å². The van der Waals surface area contributed by atoms with Gasteiger partial charge in [-0.25, -0.2) is 0 Å². The highest BCUT2D eigenvalue weighted by Gasteiger charge is 2.45. The quantitative estimate of drug-likeness (QED) is 0.354. The molecule has 66 valence electrons. The smallest absolute Gasteiger partial charge is 0.302 e. The average Bonchev–Trinajstić information content (AvgIpc) is 2.53. The Morgan fingerprint density at radius 2 is 2.17 bits per heavy atom. The summed E-state index contributed by atoms with van der Waals surface area (Å²) < 4.78 is 5.14. The van der Waals surface area contributed by atoms with E-state index >= 15 is 0 Å². The van der Waals surface area contributed by atoms with Crippen molar-refractivity contribution in [2.45, 2.75) is 24.8 Å². The van der Waals surface area contributed by atoms with Crippen molar-refractivity contribution in [1.82, 2.24) is 0 Å². The van der Waals surface area contributed by atoms with Gasteiger partial charge in [0.25, 0.3) is 0 Å². The highest BCUT2D eigenvalue weighted by atomic mass is 35.5. The van der Waals surface area contributed by atoms with Crippen molar-refractivity contribution in [2.75, 3.05) is 0 Å². The lowest BCUT2D eigenvalue weighted by atomic mass is 10.0. The first-order valence-electron chi connectivity index (χ1n) is 4.18. The van der Waals surface area contributed by atoms with E-state index in [4.69, 9.17) is 16.3 Å². The fourth-order valence-electron chi connectivity index (χ4n) is 2.06. The molecule has 0 aromatic heterocycles. The Morgan fingerprint density at radius 3 is 2.67 bits per heavy atom. The molecule has 0 saturated heterocycles. The highest BCUT2D eigenvalue weighted by molar-refractivity contribution is 6.21. The summed E-state index contributed by atoms with van der Waals surface area (Å²) in [6.07, 6.45) is 5.20. The van der Waals surface area contributed by atoms with Crippen molar-refractivity contribution in [3.05, 3.63) is 12.2 Å². The van der Waals surface area contributed by atoms with Gasteiger partial charge in [0.05, 0.1) is 5.38 Å². The Morgan fingerprint density at radius 1 is 1.50 bits per heavy atom. The summed E-state index contributed by atoms with van der Waals surface area (Å²) in [4.78, 5) is 10.7. The number of carbonyl (C=O) groups excluding carboxylic acids is 1. The Bertz CT molecular complexity index is 237. The SMILES string of the molecule is CC(=O)OC1C2C=CC(C2)C1Cl. The second-order valence-corrected chi connectivity index (χ2v) is 3.97. The maximum atomic E-state index is 10.7. The van der Waals surface area contributed by atoms with Crippen LogP contribution in [-0.4, -0.2) is 17.5 Å². The van der Waals surface area contributed by atoms with Gasteiger partial charge in [-0.05, 0) is 12.3 Å². The molecule has 4 atom stereocenters. The number of alkyl halides is 1. The van der Waals surface area contributed by atoms with Crippen molar-refractivity contribution in [1.29, 1.82) is 0 Å². The molecule has 0 radical (unpaired) electrons. The van der Waals surface area contributed by atoms with E-state index in [2.05, 4.69) is 12.2 Å². The predicted molar refractivity (Wildman–Crippen MR) is 45.9 cm³/mol. The molecule has 0 spiro atoms. The van der Waals surface area contributed by atoms with Gasteiger partial charge in [0.1, 0.15) is 6.10 Å². The van der Waals surface area contributed by atoms with Crippen molar-refractivity contribution in [3.63, 3.8) is 0 Å². The van der Waals surface area contributed by atoms with Gasteiger partial charge >= 0.3 is 5.97 Å². The van der Waals surface area contributed by atoms with Gasteiger partial charge in [0.2, 0.25) is 0 Å². The minimum absolute atomic E-state index is 0.0103. The first kappa shape index (κ1) is 8.11. The number of rotatable bonds is 1. The van der Waals surface area contributed by atoms with E-state index in [1.54, 1.807) is 0 Å². The van der Waals surface area contributed by atoms with Crippen LogP contribution in [0.4, 0.5) is 0 Å². The van der Waals surface area contributed by atoms with Crippen LogP contribution in [0.5, 0.6) is 0 Å². The molecule has 1 saturated carbocycles. The standard InChI is InChI=1S/C9H11ClO2/c1-5(11)12-9-7-3-2-6(4-7)8(9)10/h2-3,6-9H,4H2,1H3. The molecule has 0 amide bonds. The number of hydrogen-bond acceptors (Lipinski definition) is 2. The van der Waals surface area contributed by atoms with E-state index in [-0.39, 0.29) is 17.5 Å². The molecule has 2 rings (SSSR count). The molecule has 2 aliphatic rings. The van der Waals surface area contributed by atoms with Crippen LogP contribution >= 0.6 is 11.6 Å². The van der Waals surface area contributed by atoms with E-state index in [0.29, 0.717) is 11.8 Å². The lowest BCUT2D eigenvalue weighted by molar-refractivity contribution is -0.147. The number of allylic oxidation sites excluding steroid dienone is 1. The molecule has 2 bridgehead atoms. The number of hydrogen-bond donors (Lipinski definition) is 0. The summed E-state index contributed by atoms with van der Waals surface area (Å²) in [6, 6.07) is 0. The maximum Gasteiger partial charge on any atom is 0.302 e. The molecular weight excluding hydrogens is 176 g/mol. The third kappa shape index (κ3) is 1.14. The van der Waals surface area contributed by atoms with Crippen LogP contribution in [0.15, 0.2) is 12.2 Å². The lowest BCUT2D eigenvalue weighted by Crippen LogP contribution is -2.30. The molecule has 1 fully saturated rings. The Balaban J connectivity index is 2.08. The molecule has 0 aromatic carbocycles. The van der Waals surface area contributed by atoms with Gasteiger partial charge in [0, 0.05) is 12.8 Å². The summed E-state index contributed by atoms with van der Waals surface area (Å²) in [5.41, 5.74) is 0. The molecule has 12 heavy (non-hydrogen) atoms. The molecular formula is C9H11ClO2. The van der Waals surface area contributed by atoms with Crippen LogP contribution in [-0.2, 0) is 9.53 Å². The van der Waals surface area contributed by atoms with Crippen molar-refractivity contribution >= 4 is 17.6 Å². The van der Waals surface area contributed by atoms with E-state index in [1.807, 2.05) is 0 Å². The Hall–Kier alpha value is -0.500. The molecule has 4 unspecified atom stereocenters. The van der Waals surface area contributed by atoms with Crippen LogP contribution in [0.25, 0.3) is 0 Å². The zero-order valence-corrected chi connectivity index (χ0v) is 7.62. The van der Waals surface area contributed by atoms with Crippen LogP contribution in [0, 0.1) is 11.8 Å². The van der Waals surface area contributed by atoms with Crippen LogP contribution in [0.2, 0.25) is 0 Å². The summed E-state index contributed by atoms with van der Waals surface area (Å²) in [6.45, 7) is 1.43. The van der Waals surface area contributed by atoms with Crippen molar-refractivity contribution < 1.29 is 9.53 Å². The average molecular weight is 187 g/mol. The summed E-state index contributed by atoms with van der Waals surface area (Å²) in [5.74, 6) is 0.550. The van der Waals surface area contributed by atoms with E-state index in [1.165, 1.54) is 6.92 Å². The molecule has 2 nitrogen and oxygen atoms in total. The second kappa shape index (κ2) is 2.77. The third-order valence-corrected chi connectivity index (χ3v) is 3.17. The third-order valence-electron chi connectivity index (χ3n) is 2.60. The Kier molecular flexibility index (Phi) is 1.87. The molecule has 0 heterocycles. The van der Waals surface area contributed by atoms with E-state index in [9.17, 15) is 4.79 Å². The van der Waals surface area contributed by atoms with Crippen LogP contribution in [0.1, 0.15) is 13.3 Å². The van der Waals surface area contributed by atoms with E-state index < -0.39 is 0 Å². The molecule has 3 heteroatoms. The minimum Gasteiger partial charge on any atom is -0.460 e. The zero-order valence-electron chi connectivity index (χ0n) is 6.87. The Labute approximate surface area is 76.5 Å². The highest BCUT2D eigenvalue weighted by Crippen LogP contribution is 2.43. The van der Waals surface area contributed by atoms with Gasteiger partial charge in [-0.2, -0.15) is 0 Å². The first-order valence-corrected chi connectivity index (χ1v) is 4.62. The normalized spacial score (nSPS) is 43.5. The number of ether oxygens (including phenoxy) is 1. The van der Waals surface area contributed by atoms with Crippen LogP contribution < -0.4 is 0 Å². The summed E-state index contributed by atoms with van der Waals surface area (Å²) in [7, 11) is 0. The lowest BCUT2D eigenvalue weighted by Gasteiger charge is -2.22. The summed E-state index contributed by atoms with van der Waals surface area (Å²) in [5, 5.41) is -0.0103. The van der Waals surface area contributed by atoms with Crippen molar-refractivity contribution in [3.8, 4) is 0 Å². The van der Waals surface area contributed by atoms with Gasteiger partial charge in [-0.3, -0.25) is 4.79 Å². The van der Waals surface area contributed by atoms with Gasteiger partial charge in [-0.1, -0.05) is 12.2 Å².